The van der Waals surface area contributed by atoms with Crippen molar-refractivity contribution < 1.29 is 18.0 Å². The molecule has 0 spiro atoms. The van der Waals surface area contributed by atoms with E-state index in [0.29, 0.717) is 12.1 Å². The van der Waals surface area contributed by atoms with Gasteiger partial charge < -0.3 is 9.47 Å². The third-order valence-electron chi connectivity index (χ3n) is 4.98. The van der Waals surface area contributed by atoms with Crippen LogP contribution in [0.4, 0.5) is 13.2 Å². The fourth-order valence-corrected chi connectivity index (χ4v) is 3.38. The summed E-state index contributed by atoms with van der Waals surface area (Å²) in [5.41, 5.74) is 2.64. The Kier molecular flexibility index (Phi) is 4.61. The van der Waals surface area contributed by atoms with Crippen LogP contribution in [0.3, 0.4) is 0 Å². The molecule has 28 heavy (non-hydrogen) atoms. The van der Waals surface area contributed by atoms with E-state index >= 15 is 0 Å². The highest BCUT2D eigenvalue weighted by atomic mass is 19.4. The van der Waals surface area contributed by atoms with Gasteiger partial charge in [-0.15, -0.1) is 0 Å². The van der Waals surface area contributed by atoms with Crippen molar-refractivity contribution in [1.29, 1.82) is 0 Å². The number of aryl methyl sites for hydroxylation is 1. The van der Waals surface area contributed by atoms with Crippen LogP contribution in [0.5, 0.6) is 0 Å². The lowest BCUT2D eigenvalue weighted by atomic mass is 10.1. The number of amides is 1. The van der Waals surface area contributed by atoms with Crippen LogP contribution in [0, 0.1) is 6.92 Å². The van der Waals surface area contributed by atoms with Gasteiger partial charge in [0.15, 0.2) is 0 Å². The van der Waals surface area contributed by atoms with Gasteiger partial charge in [0.25, 0.3) is 0 Å². The molecule has 2 aromatic carbocycles. The van der Waals surface area contributed by atoms with Crippen LogP contribution >= 0.6 is 0 Å². The number of para-hydroxylation sites is 2. The molecule has 1 aromatic heterocycles. The minimum absolute atomic E-state index is 0.0953. The van der Waals surface area contributed by atoms with Gasteiger partial charge in [0.2, 0.25) is 11.7 Å². The molecule has 7 heteroatoms. The third-order valence-corrected chi connectivity index (χ3v) is 4.98. The molecule has 3 aromatic rings. The summed E-state index contributed by atoms with van der Waals surface area (Å²) in [5, 5.41) is 0. The first kappa shape index (κ1) is 18.5. The fourth-order valence-electron chi connectivity index (χ4n) is 3.38. The number of hydrogen-bond donors (Lipinski definition) is 0. The zero-order chi connectivity index (χ0) is 19.9. The SMILES string of the molecule is Cc1ccc(CN(C(=O)Cn2c(C(F)(F)F)nc3ccccc32)C2CC2)cc1. The fraction of sp³-hybridized carbons (Fsp3) is 0.333. The molecule has 1 fully saturated rings. The van der Waals surface area contributed by atoms with E-state index in [1.165, 1.54) is 6.07 Å². The van der Waals surface area contributed by atoms with E-state index in [4.69, 9.17) is 0 Å². The molecule has 4 nitrogen and oxygen atoms in total. The maximum atomic E-state index is 13.5. The minimum atomic E-state index is -4.62. The zero-order valence-electron chi connectivity index (χ0n) is 15.4. The second-order valence-corrected chi connectivity index (χ2v) is 7.25. The standard InChI is InChI=1S/C21H20F3N3O/c1-14-6-8-15(9-7-14)12-26(16-10-11-16)19(28)13-27-18-5-3-2-4-17(18)25-20(27)21(22,23)24/h2-9,16H,10-13H2,1H3. The van der Waals surface area contributed by atoms with E-state index in [2.05, 4.69) is 4.98 Å². The van der Waals surface area contributed by atoms with E-state index in [0.717, 1.165) is 28.5 Å². The van der Waals surface area contributed by atoms with E-state index < -0.39 is 12.0 Å². The second kappa shape index (κ2) is 6.96. The summed E-state index contributed by atoms with van der Waals surface area (Å²) in [4.78, 5) is 18.4. The van der Waals surface area contributed by atoms with E-state index in [-0.39, 0.29) is 24.0 Å². The molecule has 0 radical (unpaired) electrons. The zero-order valence-corrected chi connectivity index (χ0v) is 15.4. The Balaban J connectivity index is 1.63. The Bertz CT molecular complexity index is 1000. The smallest absolute Gasteiger partial charge is 0.334 e. The quantitative estimate of drug-likeness (QED) is 0.644. The lowest BCUT2D eigenvalue weighted by molar-refractivity contribution is -0.148. The predicted octanol–water partition coefficient (Wildman–Crippen LogP) is 4.55. The molecule has 0 saturated heterocycles. The van der Waals surface area contributed by atoms with Crippen molar-refractivity contribution in [3.05, 3.63) is 65.5 Å². The van der Waals surface area contributed by atoms with Crippen molar-refractivity contribution in [2.24, 2.45) is 0 Å². The van der Waals surface area contributed by atoms with Gasteiger partial charge in [-0.3, -0.25) is 4.79 Å². The van der Waals surface area contributed by atoms with Crippen molar-refractivity contribution >= 4 is 16.9 Å². The summed E-state index contributed by atoms with van der Waals surface area (Å²) in [6.07, 6.45) is -2.86. The molecule has 0 N–H and O–H groups in total. The summed E-state index contributed by atoms with van der Waals surface area (Å²) in [7, 11) is 0. The monoisotopic (exact) mass is 387 g/mol. The Hall–Kier alpha value is -2.83. The molecule has 4 rings (SSSR count). The molecule has 0 unspecified atom stereocenters. The first-order chi connectivity index (χ1) is 13.3. The van der Waals surface area contributed by atoms with Crippen LogP contribution in [0.15, 0.2) is 48.5 Å². The first-order valence-corrected chi connectivity index (χ1v) is 9.20. The van der Waals surface area contributed by atoms with Crippen LogP contribution in [0.25, 0.3) is 11.0 Å². The molecule has 0 aliphatic heterocycles. The van der Waals surface area contributed by atoms with Crippen molar-refractivity contribution in [2.45, 2.75) is 45.1 Å². The van der Waals surface area contributed by atoms with E-state index in [1.54, 1.807) is 23.1 Å². The van der Waals surface area contributed by atoms with Gasteiger partial charge in [0.1, 0.15) is 6.54 Å². The van der Waals surface area contributed by atoms with Gasteiger partial charge in [-0.1, -0.05) is 42.0 Å². The number of alkyl halides is 3. The number of benzene rings is 2. The van der Waals surface area contributed by atoms with Gasteiger partial charge in [-0.05, 0) is 37.5 Å². The summed E-state index contributed by atoms with van der Waals surface area (Å²) in [5.74, 6) is -1.36. The Morgan fingerprint density at radius 3 is 2.46 bits per heavy atom. The maximum Gasteiger partial charge on any atom is 0.449 e. The lowest BCUT2D eigenvalue weighted by Gasteiger charge is -2.24. The van der Waals surface area contributed by atoms with Crippen molar-refractivity contribution in [3.63, 3.8) is 0 Å². The molecular formula is C21H20F3N3O. The normalized spacial score (nSPS) is 14.4. The Morgan fingerprint density at radius 1 is 1.14 bits per heavy atom. The van der Waals surface area contributed by atoms with Crippen molar-refractivity contribution in [2.75, 3.05) is 0 Å². The van der Waals surface area contributed by atoms with E-state index in [9.17, 15) is 18.0 Å². The molecule has 0 bridgehead atoms. The average molecular weight is 387 g/mol. The molecule has 146 valence electrons. The number of fused-ring (bicyclic) bond motifs is 1. The highest BCUT2D eigenvalue weighted by Gasteiger charge is 2.39. The van der Waals surface area contributed by atoms with Gasteiger partial charge in [-0.25, -0.2) is 4.98 Å². The topological polar surface area (TPSA) is 38.1 Å². The van der Waals surface area contributed by atoms with Gasteiger partial charge in [0.05, 0.1) is 11.0 Å². The van der Waals surface area contributed by atoms with Crippen LogP contribution in [0.2, 0.25) is 0 Å². The largest absolute Gasteiger partial charge is 0.449 e. The van der Waals surface area contributed by atoms with Gasteiger partial charge in [0, 0.05) is 12.6 Å². The number of rotatable bonds is 5. The molecule has 0 atom stereocenters. The second-order valence-electron chi connectivity index (χ2n) is 7.25. The summed E-state index contributed by atoms with van der Waals surface area (Å²) in [6.45, 7) is 2.01. The van der Waals surface area contributed by atoms with Crippen molar-refractivity contribution in [3.8, 4) is 0 Å². The number of aromatic nitrogens is 2. The van der Waals surface area contributed by atoms with Crippen LogP contribution in [0.1, 0.15) is 29.8 Å². The molecule has 1 amide bonds. The molecule has 1 aliphatic rings. The summed E-state index contributed by atoms with van der Waals surface area (Å²) < 4.78 is 41.4. The minimum Gasteiger partial charge on any atom is -0.334 e. The predicted molar refractivity (Wildman–Crippen MR) is 99.5 cm³/mol. The Labute approximate surface area is 160 Å². The van der Waals surface area contributed by atoms with E-state index in [1.807, 2.05) is 31.2 Å². The number of nitrogens with zero attached hydrogens (tertiary/aromatic N) is 3. The first-order valence-electron chi connectivity index (χ1n) is 9.20. The number of hydrogen-bond acceptors (Lipinski definition) is 2. The average Bonchev–Trinajstić information content (AvgIpc) is 3.42. The summed E-state index contributed by atoms with van der Waals surface area (Å²) in [6, 6.07) is 14.3. The molecule has 1 heterocycles. The third kappa shape index (κ3) is 3.74. The van der Waals surface area contributed by atoms with Crippen LogP contribution < -0.4 is 0 Å². The van der Waals surface area contributed by atoms with Crippen LogP contribution in [-0.2, 0) is 24.1 Å². The number of imidazole rings is 1. The number of carbonyl (C=O) groups excluding carboxylic acids is 1. The summed E-state index contributed by atoms with van der Waals surface area (Å²) >= 11 is 0. The number of carbonyl (C=O) groups is 1. The highest BCUT2D eigenvalue weighted by molar-refractivity contribution is 5.81. The highest BCUT2D eigenvalue weighted by Crippen LogP contribution is 2.33. The lowest BCUT2D eigenvalue weighted by Crippen LogP contribution is -2.36. The molecule has 1 aliphatic carbocycles. The number of halogens is 3. The molecule has 1 saturated carbocycles. The van der Waals surface area contributed by atoms with Gasteiger partial charge in [-0.2, -0.15) is 13.2 Å². The van der Waals surface area contributed by atoms with Crippen LogP contribution in [-0.4, -0.2) is 26.4 Å². The molecular weight excluding hydrogens is 367 g/mol. The van der Waals surface area contributed by atoms with Crippen molar-refractivity contribution in [1.82, 2.24) is 14.5 Å². The Morgan fingerprint density at radius 2 is 1.82 bits per heavy atom. The maximum absolute atomic E-state index is 13.5. The van der Waals surface area contributed by atoms with Gasteiger partial charge >= 0.3 is 6.18 Å².